The first-order chi connectivity index (χ1) is 11.8. The molecule has 2 aromatic heterocycles. The lowest BCUT2D eigenvalue weighted by molar-refractivity contribution is 0.614. The molecule has 0 bridgehead atoms. The van der Waals surface area contributed by atoms with Gasteiger partial charge < -0.3 is 5.73 Å². The van der Waals surface area contributed by atoms with Crippen molar-refractivity contribution in [3.63, 3.8) is 0 Å². The van der Waals surface area contributed by atoms with Gasteiger partial charge in [-0.25, -0.2) is 10.2 Å². The average Bonchev–Trinajstić information content (AvgIpc) is 3.07. The molecular weight excluding hydrogens is 297 g/mol. The van der Waals surface area contributed by atoms with Crippen LogP contribution in [0.1, 0.15) is 24.5 Å². The van der Waals surface area contributed by atoms with E-state index < -0.39 is 0 Å². The minimum atomic E-state index is 0.126. The number of hydrogen-bond donors (Lipinski definition) is 1. The highest BCUT2D eigenvalue weighted by Crippen LogP contribution is 2.34. The van der Waals surface area contributed by atoms with E-state index in [9.17, 15) is 5.26 Å². The summed E-state index contributed by atoms with van der Waals surface area (Å²) in [6.45, 7) is 0.126. The molecule has 0 aliphatic carbocycles. The molecular formula is C18H18BN5. The maximum Gasteiger partial charge on any atom is 0.268 e. The van der Waals surface area contributed by atoms with Gasteiger partial charge in [-0.15, -0.1) is 0 Å². The van der Waals surface area contributed by atoms with Crippen LogP contribution >= 0.6 is 0 Å². The third-order valence-electron chi connectivity index (χ3n) is 4.88. The first kappa shape index (κ1) is 14.8. The zero-order valence-corrected chi connectivity index (χ0v) is 13.4. The summed E-state index contributed by atoms with van der Waals surface area (Å²) in [5.41, 5.74) is 10.1. The number of nitriles is 1. The number of nitrogens with zero attached hydrogens (tertiary/aromatic N) is 4. The fourth-order valence-corrected chi connectivity index (χ4v) is 3.61. The third kappa shape index (κ3) is 2.52. The number of aromatic nitrogens is 3. The quantitative estimate of drug-likeness (QED) is 0.735. The average molecular weight is 315 g/mol. The highest BCUT2D eigenvalue weighted by atomic mass is 15.3. The first-order valence-corrected chi connectivity index (χ1v) is 8.35. The standard InChI is InChI=1S/C18H18BN5/c20-12-19-8-4-7-14(10-19)16-9-17(21)24-18(23-16)15(11-22-24)13-5-2-1-3-6-13/h1-3,5-6,9,11,14H,4,7-8,10,21H2. The van der Waals surface area contributed by atoms with E-state index in [1.807, 2.05) is 42.6 Å². The van der Waals surface area contributed by atoms with Crippen LogP contribution in [0.4, 0.5) is 5.82 Å². The minimum Gasteiger partial charge on any atom is -0.384 e. The Morgan fingerprint density at radius 2 is 2.12 bits per heavy atom. The van der Waals surface area contributed by atoms with Crippen LogP contribution in [0.3, 0.4) is 0 Å². The molecule has 1 fully saturated rings. The molecule has 24 heavy (non-hydrogen) atoms. The molecule has 4 rings (SSSR count). The first-order valence-electron chi connectivity index (χ1n) is 8.35. The lowest BCUT2D eigenvalue weighted by atomic mass is 9.41. The Morgan fingerprint density at radius 3 is 2.92 bits per heavy atom. The fourth-order valence-electron chi connectivity index (χ4n) is 3.61. The summed E-state index contributed by atoms with van der Waals surface area (Å²) in [6, 6.07) is 12.0. The van der Waals surface area contributed by atoms with Gasteiger partial charge in [-0.2, -0.15) is 9.61 Å². The lowest BCUT2D eigenvalue weighted by Crippen LogP contribution is -2.21. The van der Waals surface area contributed by atoms with Crippen LogP contribution in [-0.4, -0.2) is 21.3 Å². The van der Waals surface area contributed by atoms with Crippen molar-refractivity contribution in [2.45, 2.75) is 31.4 Å². The maximum atomic E-state index is 9.23. The van der Waals surface area contributed by atoms with E-state index in [4.69, 9.17) is 10.7 Å². The lowest BCUT2D eigenvalue weighted by Gasteiger charge is -2.23. The number of benzene rings is 1. The molecule has 1 aliphatic heterocycles. The van der Waals surface area contributed by atoms with Gasteiger partial charge >= 0.3 is 0 Å². The van der Waals surface area contributed by atoms with E-state index in [0.29, 0.717) is 11.7 Å². The summed E-state index contributed by atoms with van der Waals surface area (Å²) in [6.07, 6.45) is 5.81. The van der Waals surface area contributed by atoms with E-state index in [-0.39, 0.29) is 6.71 Å². The van der Waals surface area contributed by atoms with Gasteiger partial charge in [0.15, 0.2) is 5.65 Å². The SMILES string of the molecule is N#CB1CCCC(c2cc(N)n3ncc(-c4ccccc4)c3n2)C1. The van der Waals surface area contributed by atoms with Crippen molar-refractivity contribution in [3.8, 4) is 17.1 Å². The van der Waals surface area contributed by atoms with Crippen molar-refractivity contribution >= 4 is 18.2 Å². The van der Waals surface area contributed by atoms with Crippen LogP contribution in [0, 0.1) is 11.2 Å². The van der Waals surface area contributed by atoms with Crippen molar-refractivity contribution in [2.75, 3.05) is 5.73 Å². The Bertz CT molecular complexity index is 912. The summed E-state index contributed by atoms with van der Waals surface area (Å²) in [5.74, 6) is 3.31. The predicted molar refractivity (Wildman–Crippen MR) is 95.8 cm³/mol. The van der Waals surface area contributed by atoms with Crippen molar-refractivity contribution in [3.05, 3.63) is 48.3 Å². The molecule has 118 valence electrons. The molecule has 0 saturated carbocycles. The van der Waals surface area contributed by atoms with Gasteiger partial charge in [0.25, 0.3) is 6.71 Å². The zero-order chi connectivity index (χ0) is 16.5. The second-order valence-corrected chi connectivity index (χ2v) is 6.46. The van der Waals surface area contributed by atoms with Gasteiger partial charge in [0.05, 0.1) is 6.20 Å². The summed E-state index contributed by atoms with van der Waals surface area (Å²) < 4.78 is 1.69. The van der Waals surface area contributed by atoms with E-state index in [2.05, 4.69) is 11.1 Å². The number of hydrogen-bond acceptors (Lipinski definition) is 4. The molecule has 5 nitrogen and oxygen atoms in total. The summed E-state index contributed by atoms with van der Waals surface area (Å²) in [7, 11) is 0. The molecule has 1 aromatic carbocycles. The number of nitrogen functional groups attached to an aromatic ring is 1. The van der Waals surface area contributed by atoms with E-state index in [1.165, 1.54) is 0 Å². The molecule has 1 atom stereocenters. The smallest absolute Gasteiger partial charge is 0.268 e. The zero-order valence-electron chi connectivity index (χ0n) is 13.4. The Morgan fingerprint density at radius 1 is 1.29 bits per heavy atom. The van der Waals surface area contributed by atoms with Crippen LogP contribution in [0.5, 0.6) is 0 Å². The molecule has 6 heteroatoms. The van der Waals surface area contributed by atoms with Crippen LogP contribution in [0.2, 0.25) is 12.6 Å². The van der Waals surface area contributed by atoms with Crippen LogP contribution in [-0.2, 0) is 0 Å². The van der Waals surface area contributed by atoms with Gasteiger partial charge in [-0.3, -0.25) is 0 Å². The summed E-state index contributed by atoms with van der Waals surface area (Å²) in [4.78, 5) is 4.88. The maximum absolute atomic E-state index is 9.23. The van der Waals surface area contributed by atoms with E-state index in [0.717, 1.165) is 47.9 Å². The molecule has 1 unspecified atom stereocenters. The number of anilines is 1. The topological polar surface area (TPSA) is 80.0 Å². The van der Waals surface area contributed by atoms with Gasteiger partial charge in [0.2, 0.25) is 0 Å². The Balaban J connectivity index is 1.80. The molecule has 3 heterocycles. The van der Waals surface area contributed by atoms with Crippen LogP contribution in [0.25, 0.3) is 16.8 Å². The second-order valence-electron chi connectivity index (χ2n) is 6.46. The Kier molecular flexibility index (Phi) is 3.70. The molecule has 1 aliphatic rings. The van der Waals surface area contributed by atoms with Crippen LogP contribution in [0.15, 0.2) is 42.6 Å². The Labute approximate surface area is 141 Å². The third-order valence-corrected chi connectivity index (χ3v) is 4.88. The highest BCUT2D eigenvalue weighted by molar-refractivity contribution is 6.67. The number of fused-ring (bicyclic) bond motifs is 1. The molecule has 0 spiro atoms. The number of rotatable bonds is 2. The predicted octanol–water partition coefficient (Wildman–Crippen LogP) is 3.41. The van der Waals surface area contributed by atoms with Gasteiger partial charge in [-0.1, -0.05) is 49.4 Å². The van der Waals surface area contributed by atoms with Crippen molar-refractivity contribution in [2.24, 2.45) is 0 Å². The van der Waals surface area contributed by atoms with Gasteiger partial charge in [0, 0.05) is 23.3 Å². The molecule has 2 N–H and O–H groups in total. The van der Waals surface area contributed by atoms with Gasteiger partial charge in [0.1, 0.15) is 5.82 Å². The molecule has 3 aromatic rings. The normalized spacial score (nSPS) is 17.8. The molecule has 0 radical (unpaired) electrons. The largest absolute Gasteiger partial charge is 0.384 e. The van der Waals surface area contributed by atoms with E-state index in [1.54, 1.807) is 4.52 Å². The molecule has 1 saturated heterocycles. The monoisotopic (exact) mass is 315 g/mol. The molecule has 0 amide bonds. The van der Waals surface area contributed by atoms with Crippen molar-refractivity contribution in [1.29, 1.82) is 5.26 Å². The van der Waals surface area contributed by atoms with Crippen LogP contribution < -0.4 is 5.73 Å². The fraction of sp³-hybridized carbons (Fsp3) is 0.278. The second kappa shape index (κ2) is 6.01. The summed E-state index contributed by atoms with van der Waals surface area (Å²) in [5, 5.41) is 13.6. The van der Waals surface area contributed by atoms with Gasteiger partial charge in [-0.05, 0) is 17.9 Å². The Hall–Kier alpha value is -2.81. The number of nitrogens with two attached hydrogens (primary N) is 1. The van der Waals surface area contributed by atoms with Crippen molar-refractivity contribution < 1.29 is 0 Å². The highest BCUT2D eigenvalue weighted by Gasteiger charge is 2.28. The van der Waals surface area contributed by atoms with E-state index >= 15 is 0 Å². The van der Waals surface area contributed by atoms with Crippen molar-refractivity contribution in [1.82, 2.24) is 14.6 Å². The minimum absolute atomic E-state index is 0.126. The summed E-state index contributed by atoms with van der Waals surface area (Å²) >= 11 is 0.